The lowest BCUT2D eigenvalue weighted by Gasteiger charge is -2.34. The fraction of sp³-hybridized carbons (Fsp3) is 0.444. The van der Waals surface area contributed by atoms with Gasteiger partial charge in [0.25, 0.3) is 0 Å². The number of likely N-dealkylation sites (tertiary alicyclic amines) is 1. The van der Waals surface area contributed by atoms with Gasteiger partial charge in [0.2, 0.25) is 5.91 Å². The Balaban J connectivity index is 1.75. The molecule has 1 fully saturated rings. The van der Waals surface area contributed by atoms with Crippen LogP contribution in [0.15, 0.2) is 29.8 Å². The van der Waals surface area contributed by atoms with Gasteiger partial charge >= 0.3 is 0 Å². The largest absolute Gasteiger partial charge is 0.493 e. The van der Waals surface area contributed by atoms with E-state index >= 15 is 0 Å². The predicted molar refractivity (Wildman–Crippen MR) is 93.7 cm³/mol. The quantitative estimate of drug-likeness (QED) is 0.832. The lowest BCUT2D eigenvalue weighted by atomic mass is 10.0. The number of ether oxygens (including phenoxy) is 2. The van der Waals surface area contributed by atoms with Gasteiger partial charge in [-0.15, -0.1) is 11.3 Å². The first-order valence-corrected chi connectivity index (χ1v) is 9.00. The number of thiazole rings is 1. The molecule has 1 aromatic heterocycles. The van der Waals surface area contributed by atoms with E-state index in [2.05, 4.69) is 4.98 Å². The molecule has 24 heavy (non-hydrogen) atoms. The van der Waals surface area contributed by atoms with Gasteiger partial charge in [-0.25, -0.2) is 4.98 Å². The number of amides is 1. The van der Waals surface area contributed by atoms with Crippen LogP contribution in [0.5, 0.6) is 11.5 Å². The van der Waals surface area contributed by atoms with Crippen LogP contribution in [0.25, 0.3) is 0 Å². The molecule has 5 nitrogen and oxygen atoms in total. The second kappa shape index (κ2) is 7.66. The number of rotatable bonds is 5. The summed E-state index contributed by atoms with van der Waals surface area (Å²) in [5, 5.41) is 3.01. The van der Waals surface area contributed by atoms with Crippen molar-refractivity contribution in [1.82, 2.24) is 9.88 Å². The Hall–Kier alpha value is -2.08. The lowest BCUT2D eigenvalue weighted by Crippen LogP contribution is -2.39. The summed E-state index contributed by atoms with van der Waals surface area (Å²) in [7, 11) is 3.21. The minimum Gasteiger partial charge on any atom is -0.493 e. The molecule has 1 saturated heterocycles. The van der Waals surface area contributed by atoms with E-state index in [4.69, 9.17) is 9.47 Å². The first kappa shape index (κ1) is 16.8. The Bertz CT molecular complexity index is 688. The average molecular weight is 346 g/mol. The topological polar surface area (TPSA) is 51.7 Å². The highest BCUT2D eigenvalue weighted by Crippen LogP contribution is 2.33. The summed E-state index contributed by atoms with van der Waals surface area (Å²) in [6, 6.07) is 5.75. The molecule has 2 heterocycles. The zero-order chi connectivity index (χ0) is 16.9. The molecule has 0 radical (unpaired) electrons. The van der Waals surface area contributed by atoms with E-state index in [1.54, 1.807) is 25.6 Å². The van der Waals surface area contributed by atoms with Gasteiger partial charge in [-0.3, -0.25) is 4.79 Å². The molecule has 3 rings (SSSR count). The van der Waals surface area contributed by atoms with Crippen LogP contribution in [0.1, 0.15) is 35.9 Å². The van der Waals surface area contributed by atoms with Gasteiger partial charge in [0.1, 0.15) is 5.01 Å². The maximum absolute atomic E-state index is 12.9. The van der Waals surface area contributed by atoms with Gasteiger partial charge in [0.15, 0.2) is 11.5 Å². The Morgan fingerprint density at radius 2 is 2.12 bits per heavy atom. The zero-order valence-electron chi connectivity index (χ0n) is 14.0. The summed E-state index contributed by atoms with van der Waals surface area (Å²) >= 11 is 1.63. The third kappa shape index (κ3) is 3.53. The summed E-state index contributed by atoms with van der Waals surface area (Å²) < 4.78 is 10.6. The molecule has 1 amide bonds. The van der Waals surface area contributed by atoms with Gasteiger partial charge in [-0.2, -0.15) is 0 Å². The summed E-state index contributed by atoms with van der Waals surface area (Å²) in [6.45, 7) is 0.802. The fourth-order valence-electron chi connectivity index (χ4n) is 3.15. The first-order chi connectivity index (χ1) is 11.7. The van der Waals surface area contributed by atoms with Crippen molar-refractivity contribution >= 4 is 17.2 Å². The van der Waals surface area contributed by atoms with E-state index in [0.717, 1.165) is 36.4 Å². The van der Waals surface area contributed by atoms with E-state index in [9.17, 15) is 4.79 Å². The van der Waals surface area contributed by atoms with Crippen molar-refractivity contribution in [3.63, 3.8) is 0 Å². The van der Waals surface area contributed by atoms with Crippen molar-refractivity contribution in [3.8, 4) is 11.5 Å². The third-order valence-electron chi connectivity index (χ3n) is 4.36. The van der Waals surface area contributed by atoms with Crippen LogP contribution < -0.4 is 9.47 Å². The predicted octanol–water partition coefficient (Wildman–Crippen LogP) is 3.46. The smallest absolute Gasteiger partial charge is 0.227 e. The zero-order valence-corrected chi connectivity index (χ0v) is 14.8. The molecule has 0 bridgehead atoms. The van der Waals surface area contributed by atoms with E-state index in [1.165, 1.54) is 0 Å². The number of hydrogen-bond donors (Lipinski definition) is 0. The molecule has 1 atom stereocenters. The van der Waals surface area contributed by atoms with Gasteiger partial charge in [0.05, 0.1) is 26.7 Å². The second-order valence-corrected chi connectivity index (χ2v) is 6.76. The molecule has 1 aliphatic rings. The Labute approximate surface area is 146 Å². The Morgan fingerprint density at radius 3 is 2.83 bits per heavy atom. The van der Waals surface area contributed by atoms with Gasteiger partial charge in [0, 0.05) is 18.1 Å². The summed E-state index contributed by atoms with van der Waals surface area (Å²) in [4.78, 5) is 19.3. The van der Waals surface area contributed by atoms with Crippen molar-refractivity contribution in [2.45, 2.75) is 31.7 Å². The lowest BCUT2D eigenvalue weighted by molar-refractivity contribution is -0.134. The number of hydrogen-bond acceptors (Lipinski definition) is 5. The molecular weight excluding hydrogens is 324 g/mol. The highest BCUT2D eigenvalue weighted by Gasteiger charge is 2.29. The number of nitrogens with zero attached hydrogens (tertiary/aromatic N) is 2. The van der Waals surface area contributed by atoms with Crippen molar-refractivity contribution in [2.24, 2.45) is 0 Å². The van der Waals surface area contributed by atoms with Crippen LogP contribution in [0, 0.1) is 0 Å². The molecule has 0 saturated carbocycles. The molecule has 2 aromatic rings. The minimum atomic E-state index is 0.117. The van der Waals surface area contributed by atoms with Gasteiger partial charge in [-0.05, 0) is 37.0 Å². The van der Waals surface area contributed by atoms with E-state index < -0.39 is 0 Å². The van der Waals surface area contributed by atoms with Crippen molar-refractivity contribution in [3.05, 3.63) is 40.3 Å². The number of carbonyl (C=O) groups excluding carboxylic acids is 1. The second-order valence-electron chi connectivity index (χ2n) is 5.84. The van der Waals surface area contributed by atoms with Crippen LogP contribution in [0.3, 0.4) is 0 Å². The molecule has 0 N–H and O–H groups in total. The van der Waals surface area contributed by atoms with Crippen LogP contribution in [0.4, 0.5) is 0 Å². The summed E-state index contributed by atoms with van der Waals surface area (Å²) in [6.07, 6.45) is 5.36. The normalized spacial score (nSPS) is 17.6. The standard InChI is InChI=1S/C18H22N2O3S/c1-22-15-7-6-13(11-16(15)23-2)12-17(21)20-9-4-3-5-14(20)18-19-8-10-24-18/h6-8,10-11,14H,3-5,9,12H2,1-2H3. The van der Waals surface area contributed by atoms with Crippen LogP contribution >= 0.6 is 11.3 Å². The minimum absolute atomic E-state index is 0.117. The maximum Gasteiger partial charge on any atom is 0.227 e. The Kier molecular flexibility index (Phi) is 5.35. The molecule has 128 valence electrons. The molecule has 0 spiro atoms. The number of piperidine rings is 1. The fourth-order valence-corrected chi connectivity index (χ4v) is 3.94. The summed E-state index contributed by atoms with van der Waals surface area (Å²) in [5.74, 6) is 1.47. The third-order valence-corrected chi connectivity index (χ3v) is 5.24. The first-order valence-electron chi connectivity index (χ1n) is 8.12. The highest BCUT2D eigenvalue weighted by atomic mass is 32.1. The van der Waals surface area contributed by atoms with E-state index in [1.807, 2.05) is 34.7 Å². The Morgan fingerprint density at radius 1 is 1.29 bits per heavy atom. The summed E-state index contributed by atoms with van der Waals surface area (Å²) in [5.41, 5.74) is 0.932. The van der Waals surface area contributed by atoms with Crippen molar-refractivity contribution < 1.29 is 14.3 Å². The highest BCUT2D eigenvalue weighted by molar-refractivity contribution is 7.09. The maximum atomic E-state index is 12.9. The molecule has 1 unspecified atom stereocenters. The number of aromatic nitrogens is 1. The van der Waals surface area contributed by atoms with Crippen LogP contribution in [-0.4, -0.2) is 36.6 Å². The van der Waals surface area contributed by atoms with E-state index in [0.29, 0.717) is 17.9 Å². The molecule has 0 aliphatic carbocycles. The van der Waals surface area contributed by atoms with Crippen molar-refractivity contribution in [1.29, 1.82) is 0 Å². The van der Waals surface area contributed by atoms with Crippen molar-refractivity contribution in [2.75, 3.05) is 20.8 Å². The van der Waals surface area contributed by atoms with Gasteiger partial charge < -0.3 is 14.4 Å². The average Bonchev–Trinajstić information content (AvgIpc) is 3.16. The number of methoxy groups -OCH3 is 2. The van der Waals surface area contributed by atoms with Crippen LogP contribution in [-0.2, 0) is 11.2 Å². The van der Waals surface area contributed by atoms with E-state index in [-0.39, 0.29) is 11.9 Å². The molecule has 1 aliphatic heterocycles. The van der Waals surface area contributed by atoms with Gasteiger partial charge in [-0.1, -0.05) is 6.07 Å². The SMILES string of the molecule is COc1ccc(CC(=O)N2CCCCC2c2nccs2)cc1OC. The number of carbonyl (C=O) groups is 1. The van der Waals surface area contributed by atoms with Crippen LogP contribution in [0.2, 0.25) is 0 Å². The molecular formula is C18H22N2O3S. The number of benzene rings is 1. The monoisotopic (exact) mass is 346 g/mol. The molecule has 6 heteroatoms. The molecule has 1 aromatic carbocycles.